The summed E-state index contributed by atoms with van der Waals surface area (Å²) < 4.78 is 18.7. The summed E-state index contributed by atoms with van der Waals surface area (Å²) in [5, 5.41) is 5.21. The molecule has 3 aromatic rings. The van der Waals surface area contributed by atoms with Gasteiger partial charge in [-0.05, 0) is 66.2 Å². The molecule has 0 saturated carbocycles. The summed E-state index contributed by atoms with van der Waals surface area (Å²) in [6.07, 6.45) is 1.18. The van der Waals surface area contributed by atoms with Crippen molar-refractivity contribution >= 4 is 87.6 Å². The van der Waals surface area contributed by atoms with Crippen molar-refractivity contribution in [2.24, 2.45) is 0 Å². The number of carbonyl (C=O) groups is 4. The molecule has 4 rings (SSSR count). The molecule has 0 atom stereocenters. The number of rotatable bonds is 6. The second-order valence-corrected chi connectivity index (χ2v) is 9.34. The van der Waals surface area contributed by atoms with Gasteiger partial charge in [0.15, 0.2) is 12.4 Å². The number of hydrogen-bond donors (Lipinski definition) is 2. The van der Waals surface area contributed by atoms with Crippen LogP contribution in [0.1, 0.15) is 5.56 Å². The Morgan fingerprint density at radius 1 is 0.921 bits per heavy atom. The van der Waals surface area contributed by atoms with Crippen LogP contribution in [0.25, 0.3) is 6.08 Å². The summed E-state index contributed by atoms with van der Waals surface area (Å²) in [5.74, 6) is -2.98. The summed E-state index contributed by atoms with van der Waals surface area (Å²) in [4.78, 5) is 50.6. The van der Waals surface area contributed by atoms with Crippen molar-refractivity contribution < 1.29 is 28.3 Å². The number of imide groups is 2. The number of carbonyl (C=O) groups excluding carboxylic acids is 4. The van der Waals surface area contributed by atoms with Crippen molar-refractivity contribution in [1.82, 2.24) is 5.32 Å². The zero-order valence-corrected chi connectivity index (χ0v) is 21.9. The molecule has 13 heteroatoms. The Morgan fingerprint density at radius 2 is 1.58 bits per heavy atom. The largest absolute Gasteiger partial charge is 0.481 e. The summed E-state index contributed by atoms with van der Waals surface area (Å²) in [5.41, 5.74) is 0.303. The number of halogens is 5. The van der Waals surface area contributed by atoms with Gasteiger partial charge in [-0.1, -0.05) is 46.4 Å². The average Bonchev–Trinajstić information content (AvgIpc) is 2.84. The summed E-state index contributed by atoms with van der Waals surface area (Å²) in [6.45, 7) is -0.449. The van der Waals surface area contributed by atoms with Crippen molar-refractivity contribution in [2.75, 3.05) is 16.8 Å². The second kappa shape index (κ2) is 11.4. The molecule has 1 fully saturated rings. The highest BCUT2D eigenvalue weighted by Gasteiger charge is 2.36. The summed E-state index contributed by atoms with van der Waals surface area (Å²) in [7, 11) is 0. The Bertz CT molecular complexity index is 1490. The molecular formula is C25H14Cl4FN3O5. The molecule has 194 valence electrons. The first kappa shape index (κ1) is 27.4. The van der Waals surface area contributed by atoms with E-state index in [0.29, 0.717) is 15.6 Å². The van der Waals surface area contributed by atoms with Gasteiger partial charge in [0.05, 0.1) is 25.8 Å². The van der Waals surface area contributed by atoms with Crippen LogP contribution in [-0.4, -0.2) is 30.4 Å². The summed E-state index contributed by atoms with van der Waals surface area (Å²) in [6, 6.07) is 10.8. The predicted molar refractivity (Wildman–Crippen MR) is 142 cm³/mol. The van der Waals surface area contributed by atoms with E-state index in [1.54, 1.807) is 6.07 Å². The van der Waals surface area contributed by atoms with Crippen LogP contribution < -0.4 is 20.3 Å². The van der Waals surface area contributed by atoms with E-state index in [9.17, 15) is 23.6 Å². The first-order valence-corrected chi connectivity index (χ1v) is 12.1. The lowest BCUT2D eigenvalue weighted by atomic mass is 10.1. The Kier molecular flexibility index (Phi) is 8.23. The van der Waals surface area contributed by atoms with Crippen LogP contribution in [0, 0.1) is 5.82 Å². The molecule has 0 aromatic heterocycles. The molecule has 2 N–H and O–H groups in total. The number of amides is 5. The quantitative estimate of drug-likeness (QED) is 0.263. The molecule has 38 heavy (non-hydrogen) atoms. The number of barbiturate groups is 1. The maximum absolute atomic E-state index is 13.3. The molecule has 5 amide bonds. The van der Waals surface area contributed by atoms with Gasteiger partial charge in [0.2, 0.25) is 0 Å². The van der Waals surface area contributed by atoms with Crippen molar-refractivity contribution in [2.45, 2.75) is 0 Å². The zero-order chi connectivity index (χ0) is 27.6. The van der Waals surface area contributed by atoms with E-state index in [2.05, 4.69) is 10.6 Å². The molecule has 0 bridgehead atoms. The predicted octanol–water partition coefficient (Wildman–Crippen LogP) is 6.12. The molecule has 1 heterocycles. The number of anilines is 2. The fourth-order valence-corrected chi connectivity index (χ4v) is 4.27. The number of benzene rings is 3. The van der Waals surface area contributed by atoms with E-state index in [1.165, 1.54) is 42.5 Å². The standard InChI is InChI=1S/C25H14Cl4FN3O5/c26-17-6-3-14(10-18(17)27)31-21(34)11-38-22-19(28)8-12(9-20(22)29)7-16-23(35)32-25(37)33(24(16)36)15-4-1-13(30)2-5-15/h1-10H,11H2,(H,31,34)(H,32,35,37)/b16-7+. The first-order valence-electron chi connectivity index (χ1n) is 10.6. The van der Waals surface area contributed by atoms with Crippen LogP contribution in [0.4, 0.5) is 20.6 Å². The van der Waals surface area contributed by atoms with Crippen molar-refractivity contribution in [3.8, 4) is 5.75 Å². The van der Waals surface area contributed by atoms with Crippen LogP contribution in [0.5, 0.6) is 5.75 Å². The van der Waals surface area contributed by atoms with E-state index in [1.807, 2.05) is 0 Å². The molecule has 0 radical (unpaired) electrons. The number of nitrogens with one attached hydrogen (secondary N) is 2. The van der Waals surface area contributed by atoms with E-state index < -0.39 is 41.7 Å². The van der Waals surface area contributed by atoms with Crippen molar-refractivity contribution in [3.05, 3.63) is 91.6 Å². The summed E-state index contributed by atoms with van der Waals surface area (Å²) >= 11 is 24.4. The number of ether oxygens (including phenoxy) is 1. The van der Waals surface area contributed by atoms with Crippen molar-refractivity contribution in [1.29, 1.82) is 0 Å². The van der Waals surface area contributed by atoms with Gasteiger partial charge >= 0.3 is 6.03 Å². The third-order valence-corrected chi connectivity index (χ3v) is 6.37. The molecule has 1 aliphatic rings. The van der Waals surface area contributed by atoms with Gasteiger partial charge < -0.3 is 10.1 Å². The smallest absolute Gasteiger partial charge is 0.335 e. The maximum atomic E-state index is 13.3. The zero-order valence-electron chi connectivity index (χ0n) is 18.9. The molecule has 8 nitrogen and oxygen atoms in total. The average molecular weight is 597 g/mol. The van der Waals surface area contributed by atoms with Gasteiger partial charge in [0.25, 0.3) is 17.7 Å². The Hall–Kier alpha value is -3.63. The monoisotopic (exact) mass is 595 g/mol. The second-order valence-electron chi connectivity index (χ2n) is 7.71. The molecule has 0 spiro atoms. The van der Waals surface area contributed by atoms with E-state index >= 15 is 0 Å². The lowest BCUT2D eigenvalue weighted by Crippen LogP contribution is -2.54. The van der Waals surface area contributed by atoms with Gasteiger partial charge in [0, 0.05) is 5.69 Å². The molecular weight excluding hydrogens is 583 g/mol. The number of nitrogens with zero attached hydrogens (tertiary/aromatic N) is 1. The molecule has 0 aliphatic carbocycles. The minimum absolute atomic E-state index is 0.0117. The lowest BCUT2D eigenvalue weighted by molar-refractivity contribution is -0.122. The third-order valence-electron chi connectivity index (χ3n) is 5.07. The van der Waals surface area contributed by atoms with Crippen LogP contribution in [0.3, 0.4) is 0 Å². The molecule has 3 aromatic carbocycles. The highest BCUT2D eigenvalue weighted by Crippen LogP contribution is 2.35. The first-order chi connectivity index (χ1) is 18.0. The molecule has 1 aliphatic heterocycles. The van der Waals surface area contributed by atoms with Crippen LogP contribution in [0.2, 0.25) is 20.1 Å². The third kappa shape index (κ3) is 6.08. The van der Waals surface area contributed by atoms with Crippen LogP contribution in [-0.2, 0) is 14.4 Å². The number of hydrogen-bond acceptors (Lipinski definition) is 5. The molecule has 0 unspecified atom stereocenters. The van der Waals surface area contributed by atoms with Crippen LogP contribution >= 0.6 is 46.4 Å². The highest BCUT2D eigenvalue weighted by atomic mass is 35.5. The van der Waals surface area contributed by atoms with E-state index in [0.717, 1.165) is 12.1 Å². The van der Waals surface area contributed by atoms with E-state index in [4.69, 9.17) is 51.1 Å². The van der Waals surface area contributed by atoms with Gasteiger partial charge in [-0.15, -0.1) is 0 Å². The molecule has 1 saturated heterocycles. The Labute approximate surface area is 234 Å². The SMILES string of the molecule is O=C(COc1c(Cl)cc(/C=C2\C(=O)NC(=O)N(c3ccc(F)cc3)C2=O)cc1Cl)Nc1ccc(Cl)c(Cl)c1. The van der Waals surface area contributed by atoms with Gasteiger partial charge in [-0.2, -0.15) is 0 Å². The fraction of sp³-hybridized carbons (Fsp3) is 0.0400. The maximum Gasteiger partial charge on any atom is 0.335 e. The van der Waals surface area contributed by atoms with Crippen LogP contribution in [0.15, 0.2) is 60.2 Å². The van der Waals surface area contributed by atoms with Gasteiger partial charge in [-0.3, -0.25) is 19.7 Å². The topological polar surface area (TPSA) is 105 Å². The minimum Gasteiger partial charge on any atom is -0.481 e. The normalized spacial score (nSPS) is 14.5. The number of urea groups is 1. The van der Waals surface area contributed by atoms with Gasteiger partial charge in [0.1, 0.15) is 11.4 Å². The minimum atomic E-state index is -0.984. The fourth-order valence-electron chi connectivity index (χ4n) is 3.36. The Balaban J connectivity index is 1.51. The Morgan fingerprint density at radius 3 is 2.21 bits per heavy atom. The highest BCUT2D eigenvalue weighted by molar-refractivity contribution is 6.42. The van der Waals surface area contributed by atoms with Crippen molar-refractivity contribution in [3.63, 3.8) is 0 Å². The van der Waals surface area contributed by atoms with E-state index in [-0.39, 0.29) is 32.1 Å². The lowest BCUT2D eigenvalue weighted by Gasteiger charge is -2.26. The van der Waals surface area contributed by atoms with Gasteiger partial charge in [-0.25, -0.2) is 14.1 Å².